The number of esters is 3. The molecule has 0 rings (SSSR count). The highest BCUT2D eigenvalue weighted by molar-refractivity contribution is 5.71. The molecule has 0 aromatic heterocycles. The van der Waals surface area contributed by atoms with E-state index in [0.717, 1.165) is 109 Å². The zero-order chi connectivity index (χ0) is 53.6. The van der Waals surface area contributed by atoms with Gasteiger partial charge in [0.1, 0.15) is 13.2 Å². The van der Waals surface area contributed by atoms with Crippen molar-refractivity contribution in [1.29, 1.82) is 0 Å². The minimum atomic E-state index is -0.780. The van der Waals surface area contributed by atoms with Crippen LogP contribution in [0.1, 0.15) is 335 Å². The van der Waals surface area contributed by atoms with E-state index in [1.165, 1.54) is 186 Å². The summed E-state index contributed by atoms with van der Waals surface area (Å²) in [4.78, 5) is 38.3. The maximum absolute atomic E-state index is 12.9. The molecule has 0 bridgehead atoms. The van der Waals surface area contributed by atoms with E-state index in [0.29, 0.717) is 19.3 Å². The summed E-state index contributed by atoms with van der Waals surface area (Å²) in [5.41, 5.74) is 0. The second kappa shape index (κ2) is 62.6. The van der Waals surface area contributed by atoms with Gasteiger partial charge < -0.3 is 14.2 Å². The van der Waals surface area contributed by atoms with Crippen LogP contribution in [0, 0.1) is 0 Å². The Kier molecular flexibility index (Phi) is 60.2. The van der Waals surface area contributed by atoms with Crippen LogP contribution in [0.25, 0.3) is 0 Å². The Balaban J connectivity index is 4.35. The van der Waals surface area contributed by atoms with Gasteiger partial charge in [-0.2, -0.15) is 0 Å². The molecule has 430 valence electrons. The van der Waals surface area contributed by atoms with Crippen molar-refractivity contribution in [2.75, 3.05) is 13.2 Å². The number of ether oxygens (including phenoxy) is 3. The van der Waals surface area contributed by atoms with Crippen LogP contribution in [0.4, 0.5) is 0 Å². The van der Waals surface area contributed by atoms with Gasteiger partial charge in [0.05, 0.1) is 0 Å². The van der Waals surface area contributed by atoms with Crippen molar-refractivity contribution in [3.05, 3.63) is 60.8 Å². The average Bonchev–Trinajstić information content (AvgIpc) is 3.40. The third-order valence-corrected chi connectivity index (χ3v) is 14.3. The van der Waals surface area contributed by atoms with Crippen LogP contribution in [0.5, 0.6) is 0 Å². The van der Waals surface area contributed by atoms with Crippen molar-refractivity contribution >= 4 is 17.9 Å². The number of carbonyl (C=O) groups is 3. The molecule has 1 atom stereocenters. The number of rotatable bonds is 59. The van der Waals surface area contributed by atoms with E-state index in [1.54, 1.807) is 0 Å². The van der Waals surface area contributed by atoms with E-state index in [-0.39, 0.29) is 31.1 Å². The van der Waals surface area contributed by atoms with Crippen molar-refractivity contribution in [3.63, 3.8) is 0 Å². The Morgan fingerprint density at radius 1 is 0.284 bits per heavy atom. The summed E-state index contributed by atoms with van der Waals surface area (Å²) in [5.74, 6) is -0.874. The van der Waals surface area contributed by atoms with Crippen LogP contribution in [-0.4, -0.2) is 37.2 Å². The van der Waals surface area contributed by atoms with Crippen molar-refractivity contribution in [2.24, 2.45) is 0 Å². The smallest absolute Gasteiger partial charge is 0.306 e. The molecule has 0 fully saturated rings. The van der Waals surface area contributed by atoms with Gasteiger partial charge in [-0.15, -0.1) is 0 Å². The zero-order valence-electron chi connectivity index (χ0n) is 49.4. The van der Waals surface area contributed by atoms with E-state index in [1.807, 2.05) is 0 Å². The highest BCUT2D eigenvalue weighted by Gasteiger charge is 2.19. The number of hydrogen-bond acceptors (Lipinski definition) is 6. The first-order valence-corrected chi connectivity index (χ1v) is 32.3. The third-order valence-electron chi connectivity index (χ3n) is 14.3. The lowest BCUT2D eigenvalue weighted by molar-refractivity contribution is -0.167. The van der Waals surface area contributed by atoms with E-state index in [9.17, 15) is 14.4 Å². The van der Waals surface area contributed by atoms with Gasteiger partial charge in [0, 0.05) is 19.3 Å². The summed E-state index contributed by atoms with van der Waals surface area (Å²) < 4.78 is 16.9. The summed E-state index contributed by atoms with van der Waals surface area (Å²) >= 11 is 0. The molecule has 6 nitrogen and oxygen atoms in total. The van der Waals surface area contributed by atoms with E-state index in [4.69, 9.17) is 14.2 Å². The lowest BCUT2D eigenvalue weighted by Gasteiger charge is -2.18. The van der Waals surface area contributed by atoms with Crippen LogP contribution in [-0.2, 0) is 28.6 Å². The first kappa shape index (κ1) is 71.1. The minimum Gasteiger partial charge on any atom is -0.462 e. The van der Waals surface area contributed by atoms with Crippen molar-refractivity contribution < 1.29 is 28.6 Å². The molecule has 0 saturated carbocycles. The van der Waals surface area contributed by atoms with Crippen LogP contribution in [0.2, 0.25) is 0 Å². The number of unbranched alkanes of at least 4 members (excludes halogenated alkanes) is 38. The quantitative estimate of drug-likeness (QED) is 0.0261. The van der Waals surface area contributed by atoms with Crippen molar-refractivity contribution in [3.8, 4) is 0 Å². The predicted molar refractivity (Wildman–Crippen MR) is 321 cm³/mol. The van der Waals surface area contributed by atoms with E-state index in [2.05, 4.69) is 81.5 Å². The van der Waals surface area contributed by atoms with Gasteiger partial charge >= 0.3 is 17.9 Å². The largest absolute Gasteiger partial charge is 0.462 e. The summed E-state index contributed by atoms with van der Waals surface area (Å²) in [6.07, 6.45) is 79.4. The van der Waals surface area contributed by atoms with E-state index < -0.39 is 6.10 Å². The van der Waals surface area contributed by atoms with Gasteiger partial charge in [0.2, 0.25) is 0 Å². The fourth-order valence-corrected chi connectivity index (χ4v) is 9.47. The highest BCUT2D eigenvalue weighted by Crippen LogP contribution is 2.18. The molecule has 0 aromatic rings. The van der Waals surface area contributed by atoms with Crippen LogP contribution >= 0.6 is 0 Å². The fourth-order valence-electron chi connectivity index (χ4n) is 9.47. The Labute approximate surface area is 460 Å². The second-order valence-electron chi connectivity index (χ2n) is 21.7. The maximum Gasteiger partial charge on any atom is 0.306 e. The van der Waals surface area contributed by atoms with Gasteiger partial charge in [0.25, 0.3) is 0 Å². The normalized spacial score (nSPS) is 12.4. The van der Waals surface area contributed by atoms with E-state index >= 15 is 0 Å². The number of allylic oxidation sites excluding steroid dienone is 10. The SMILES string of the molecule is CC/C=C\C/C=C\C/C=C\C/C=C\C/C=C\CCCCCCCC(=O)OCC(COC(=O)CCCCCCCCCCCCCCCC)OC(=O)CCCCCCCCCCCCCCCCCCCCCCC. The molecule has 0 saturated heterocycles. The third kappa shape index (κ3) is 60.0. The molecule has 0 aromatic carbocycles. The molecular formula is C68H122O6. The predicted octanol–water partition coefficient (Wildman–Crippen LogP) is 21.9. The molecule has 0 aliphatic rings. The topological polar surface area (TPSA) is 78.9 Å². The van der Waals surface area contributed by atoms with Gasteiger partial charge in [-0.05, 0) is 64.2 Å². The molecular weight excluding hydrogens is 913 g/mol. The monoisotopic (exact) mass is 1030 g/mol. The van der Waals surface area contributed by atoms with Gasteiger partial charge in [-0.1, -0.05) is 313 Å². The van der Waals surface area contributed by atoms with Crippen LogP contribution < -0.4 is 0 Å². The van der Waals surface area contributed by atoms with Crippen LogP contribution in [0.15, 0.2) is 60.8 Å². The molecule has 74 heavy (non-hydrogen) atoms. The first-order chi connectivity index (χ1) is 36.5. The van der Waals surface area contributed by atoms with Gasteiger partial charge in [0.15, 0.2) is 6.10 Å². The number of hydrogen-bond donors (Lipinski definition) is 0. The summed E-state index contributed by atoms with van der Waals surface area (Å²) in [5, 5.41) is 0. The van der Waals surface area contributed by atoms with Crippen molar-refractivity contribution in [2.45, 2.75) is 341 Å². The summed E-state index contributed by atoms with van der Waals surface area (Å²) in [6.45, 7) is 6.57. The Hall–Kier alpha value is -2.89. The molecule has 0 aliphatic carbocycles. The first-order valence-electron chi connectivity index (χ1n) is 32.3. The van der Waals surface area contributed by atoms with Crippen LogP contribution in [0.3, 0.4) is 0 Å². The molecule has 0 heterocycles. The molecule has 0 spiro atoms. The summed E-state index contributed by atoms with van der Waals surface area (Å²) in [7, 11) is 0. The lowest BCUT2D eigenvalue weighted by atomic mass is 10.0. The van der Waals surface area contributed by atoms with Gasteiger partial charge in [-0.3, -0.25) is 14.4 Å². The molecule has 0 N–H and O–H groups in total. The molecule has 6 heteroatoms. The molecule has 0 radical (unpaired) electrons. The van der Waals surface area contributed by atoms with Crippen molar-refractivity contribution in [1.82, 2.24) is 0 Å². The minimum absolute atomic E-state index is 0.0757. The Bertz CT molecular complexity index is 1330. The number of carbonyl (C=O) groups excluding carboxylic acids is 3. The molecule has 1 unspecified atom stereocenters. The average molecular weight is 1040 g/mol. The molecule has 0 amide bonds. The zero-order valence-corrected chi connectivity index (χ0v) is 49.4. The highest BCUT2D eigenvalue weighted by atomic mass is 16.6. The molecule has 0 aliphatic heterocycles. The maximum atomic E-state index is 12.9. The standard InChI is InChI=1S/C68H122O6/c1-4-7-10-13-16-19-22-25-28-30-32-34-36-38-40-43-46-49-52-55-58-61-67(70)73-64-65(63-72-66(69)60-57-54-51-48-45-42-27-24-21-18-15-12-9-6-3)74-68(71)62-59-56-53-50-47-44-41-39-37-35-33-31-29-26-23-20-17-14-11-8-5-2/h7,10,16,19,25,28,32,34,38,40,65H,4-6,8-9,11-15,17-18,20-24,26-27,29-31,33,35-37,39,41-64H2,1-3H3/b10-7-,19-16-,28-25-,34-32-,40-38-. The second-order valence-corrected chi connectivity index (χ2v) is 21.7. The summed E-state index contributed by atoms with van der Waals surface area (Å²) in [6, 6.07) is 0. The van der Waals surface area contributed by atoms with Gasteiger partial charge in [-0.25, -0.2) is 0 Å². The Morgan fingerprint density at radius 3 is 0.824 bits per heavy atom. The fraction of sp³-hybridized carbons (Fsp3) is 0.809. The Morgan fingerprint density at radius 2 is 0.527 bits per heavy atom. The lowest BCUT2D eigenvalue weighted by Crippen LogP contribution is -2.30.